The van der Waals surface area contributed by atoms with Crippen molar-refractivity contribution in [2.24, 2.45) is 5.73 Å². The third kappa shape index (κ3) is 2.53. The summed E-state index contributed by atoms with van der Waals surface area (Å²) in [5.74, 6) is 0.755. The zero-order valence-corrected chi connectivity index (χ0v) is 10.7. The number of aromatic nitrogens is 3. The molecule has 0 bridgehead atoms. The minimum Gasteiger partial charge on any atom is -0.352 e. The van der Waals surface area contributed by atoms with Crippen LogP contribution in [0.4, 0.5) is 4.79 Å². The Balaban J connectivity index is 2.33. The van der Waals surface area contributed by atoms with E-state index in [9.17, 15) is 4.79 Å². The van der Waals surface area contributed by atoms with Crippen LogP contribution in [0.3, 0.4) is 0 Å². The van der Waals surface area contributed by atoms with Crippen molar-refractivity contribution < 1.29 is 4.79 Å². The molecule has 0 radical (unpaired) electrons. The van der Waals surface area contributed by atoms with Crippen molar-refractivity contribution in [1.29, 1.82) is 0 Å². The highest BCUT2D eigenvalue weighted by atomic mass is 35.5. The molecule has 3 N–H and O–H groups in total. The SMILES string of the molecule is CC(Cl)c1nc2cnccc2n1CCNC(N)=O. The van der Waals surface area contributed by atoms with E-state index in [0.717, 1.165) is 16.9 Å². The molecule has 0 fully saturated rings. The topological polar surface area (TPSA) is 85.8 Å². The molecule has 6 nitrogen and oxygen atoms in total. The molecule has 1 unspecified atom stereocenters. The fraction of sp³-hybridized carbons (Fsp3) is 0.364. The molecule has 1 atom stereocenters. The largest absolute Gasteiger partial charge is 0.352 e. The Morgan fingerprint density at radius 1 is 1.67 bits per heavy atom. The maximum absolute atomic E-state index is 10.7. The zero-order chi connectivity index (χ0) is 13.1. The summed E-state index contributed by atoms with van der Waals surface area (Å²) in [5, 5.41) is 2.33. The fourth-order valence-corrected chi connectivity index (χ4v) is 2.00. The van der Waals surface area contributed by atoms with Crippen LogP contribution in [0.15, 0.2) is 18.5 Å². The van der Waals surface area contributed by atoms with Crippen molar-refractivity contribution in [2.45, 2.75) is 18.8 Å². The molecular weight excluding hydrogens is 254 g/mol. The molecule has 2 heterocycles. The van der Waals surface area contributed by atoms with Crippen LogP contribution in [0.2, 0.25) is 0 Å². The molecule has 0 saturated carbocycles. The minimum absolute atomic E-state index is 0.217. The summed E-state index contributed by atoms with van der Waals surface area (Å²) in [6.45, 7) is 2.85. The van der Waals surface area contributed by atoms with Crippen molar-refractivity contribution in [3.8, 4) is 0 Å². The fourth-order valence-electron chi connectivity index (χ4n) is 1.83. The Kier molecular flexibility index (Phi) is 3.66. The summed E-state index contributed by atoms with van der Waals surface area (Å²) >= 11 is 6.11. The van der Waals surface area contributed by atoms with Crippen LogP contribution < -0.4 is 11.1 Å². The number of nitrogens with zero attached hydrogens (tertiary/aromatic N) is 3. The number of primary amides is 1. The lowest BCUT2D eigenvalue weighted by atomic mass is 10.4. The molecule has 2 aromatic heterocycles. The van der Waals surface area contributed by atoms with Gasteiger partial charge in [-0.25, -0.2) is 9.78 Å². The number of nitrogens with one attached hydrogen (secondary N) is 1. The van der Waals surface area contributed by atoms with Gasteiger partial charge in [-0.1, -0.05) is 0 Å². The zero-order valence-electron chi connectivity index (χ0n) is 9.93. The average Bonchev–Trinajstić information content (AvgIpc) is 2.68. The number of amides is 2. The second-order valence-corrected chi connectivity index (χ2v) is 4.55. The third-order valence-corrected chi connectivity index (χ3v) is 2.77. The predicted molar refractivity (Wildman–Crippen MR) is 69.4 cm³/mol. The molecule has 0 aliphatic carbocycles. The molecule has 2 amide bonds. The summed E-state index contributed by atoms with van der Waals surface area (Å²) in [6.07, 6.45) is 3.39. The van der Waals surface area contributed by atoms with Crippen molar-refractivity contribution in [1.82, 2.24) is 19.9 Å². The van der Waals surface area contributed by atoms with E-state index in [1.54, 1.807) is 12.4 Å². The van der Waals surface area contributed by atoms with E-state index in [-0.39, 0.29) is 5.38 Å². The number of pyridine rings is 1. The number of halogens is 1. The average molecular weight is 268 g/mol. The smallest absolute Gasteiger partial charge is 0.312 e. The summed E-state index contributed by atoms with van der Waals surface area (Å²) in [6, 6.07) is 1.33. The second-order valence-electron chi connectivity index (χ2n) is 3.89. The molecule has 7 heteroatoms. The van der Waals surface area contributed by atoms with Crippen LogP contribution >= 0.6 is 11.6 Å². The lowest BCUT2D eigenvalue weighted by molar-refractivity contribution is 0.248. The first-order valence-electron chi connectivity index (χ1n) is 5.57. The predicted octanol–water partition coefficient (Wildman–Crippen LogP) is 1.40. The van der Waals surface area contributed by atoms with Crippen LogP contribution in [-0.2, 0) is 6.54 Å². The quantitative estimate of drug-likeness (QED) is 0.821. The number of carbonyl (C=O) groups is 1. The van der Waals surface area contributed by atoms with Crippen LogP contribution in [0.25, 0.3) is 11.0 Å². The van der Waals surface area contributed by atoms with Gasteiger partial charge in [0.2, 0.25) is 0 Å². The number of urea groups is 1. The number of hydrogen-bond acceptors (Lipinski definition) is 3. The standard InChI is InChI=1S/C11H14ClN5O/c1-7(12)10-16-8-6-14-3-2-9(8)17(10)5-4-15-11(13)18/h2-3,6-7H,4-5H2,1H3,(H3,13,15,18). The van der Waals surface area contributed by atoms with Gasteiger partial charge in [0.25, 0.3) is 0 Å². The number of rotatable bonds is 4. The molecule has 2 aromatic rings. The van der Waals surface area contributed by atoms with Gasteiger partial charge in [0.1, 0.15) is 11.3 Å². The van der Waals surface area contributed by atoms with Crippen molar-refractivity contribution in [3.63, 3.8) is 0 Å². The van der Waals surface area contributed by atoms with E-state index in [2.05, 4.69) is 15.3 Å². The monoisotopic (exact) mass is 267 g/mol. The first-order chi connectivity index (χ1) is 8.59. The van der Waals surface area contributed by atoms with Gasteiger partial charge in [0.05, 0.1) is 17.1 Å². The van der Waals surface area contributed by atoms with Crippen molar-refractivity contribution >= 4 is 28.7 Å². The van der Waals surface area contributed by atoms with E-state index in [4.69, 9.17) is 17.3 Å². The lowest BCUT2D eigenvalue weighted by Crippen LogP contribution is -2.32. The van der Waals surface area contributed by atoms with Gasteiger partial charge in [-0.3, -0.25) is 4.98 Å². The van der Waals surface area contributed by atoms with Gasteiger partial charge in [0.15, 0.2) is 0 Å². The maximum Gasteiger partial charge on any atom is 0.312 e. The Morgan fingerprint density at radius 3 is 3.11 bits per heavy atom. The van der Waals surface area contributed by atoms with Gasteiger partial charge in [-0.2, -0.15) is 0 Å². The Labute approximate surface area is 109 Å². The molecular formula is C11H14ClN5O. The number of fused-ring (bicyclic) bond motifs is 1. The molecule has 96 valence electrons. The van der Waals surface area contributed by atoms with Crippen LogP contribution in [0.1, 0.15) is 18.1 Å². The van der Waals surface area contributed by atoms with E-state index in [0.29, 0.717) is 13.1 Å². The maximum atomic E-state index is 10.7. The molecule has 0 aliphatic rings. The Bertz CT molecular complexity index is 566. The Hall–Kier alpha value is -1.82. The summed E-state index contributed by atoms with van der Waals surface area (Å²) in [4.78, 5) is 19.1. The Morgan fingerprint density at radius 2 is 2.44 bits per heavy atom. The number of imidazole rings is 1. The number of carbonyl (C=O) groups excluding carboxylic acids is 1. The van der Waals surface area contributed by atoms with Crippen LogP contribution in [0.5, 0.6) is 0 Å². The summed E-state index contributed by atoms with van der Waals surface area (Å²) < 4.78 is 1.96. The molecule has 0 saturated heterocycles. The van der Waals surface area contributed by atoms with Crippen LogP contribution in [-0.4, -0.2) is 27.1 Å². The van der Waals surface area contributed by atoms with E-state index >= 15 is 0 Å². The second kappa shape index (κ2) is 5.22. The van der Waals surface area contributed by atoms with E-state index in [1.165, 1.54) is 0 Å². The third-order valence-electron chi connectivity index (χ3n) is 2.57. The first-order valence-corrected chi connectivity index (χ1v) is 6.00. The molecule has 0 spiro atoms. The molecule has 18 heavy (non-hydrogen) atoms. The molecule has 0 aliphatic heterocycles. The van der Waals surface area contributed by atoms with Crippen molar-refractivity contribution in [3.05, 3.63) is 24.3 Å². The highest BCUT2D eigenvalue weighted by molar-refractivity contribution is 6.20. The normalized spacial score (nSPS) is 12.6. The van der Waals surface area contributed by atoms with E-state index in [1.807, 2.05) is 17.6 Å². The summed E-state index contributed by atoms with van der Waals surface area (Å²) in [5.41, 5.74) is 6.77. The summed E-state index contributed by atoms with van der Waals surface area (Å²) in [7, 11) is 0. The molecule has 2 rings (SSSR count). The highest BCUT2D eigenvalue weighted by Crippen LogP contribution is 2.23. The minimum atomic E-state index is -0.540. The van der Waals surface area contributed by atoms with Crippen LogP contribution in [0, 0.1) is 0 Å². The molecule has 0 aromatic carbocycles. The van der Waals surface area contributed by atoms with Gasteiger partial charge in [-0.05, 0) is 13.0 Å². The van der Waals surface area contributed by atoms with E-state index < -0.39 is 6.03 Å². The highest BCUT2D eigenvalue weighted by Gasteiger charge is 2.14. The number of nitrogens with two attached hydrogens (primary N) is 1. The van der Waals surface area contributed by atoms with Gasteiger partial charge in [-0.15, -0.1) is 11.6 Å². The van der Waals surface area contributed by atoms with Gasteiger partial charge in [0, 0.05) is 19.3 Å². The first kappa shape index (κ1) is 12.6. The van der Waals surface area contributed by atoms with Gasteiger partial charge >= 0.3 is 6.03 Å². The lowest BCUT2D eigenvalue weighted by Gasteiger charge is -2.10. The van der Waals surface area contributed by atoms with Crippen molar-refractivity contribution in [2.75, 3.05) is 6.54 Å². The number of alkyl halides is 1. The number of hydrogen-bond donors (Lipinski definition) is 2. The van der Waals surface area contributed by atoms with Gasteiger partial charge < -0.3 is 15.6 Å².